The van der Waals surface area contributed by atoms with Gasteiger partial charge in [-0.1, -0.05) is 170 Å². The minimum atomic E-state index is 0.624. The lowest BCUT2D eigenvalue weighted by atomic mass is 9.89. The first-order valence-electron chi connectivity index (χ1n) is 20.1. The molecule has 0 fully saturated rings. The summed E-state index contributed by atoms with van der Waals surface area (Å²) in [5, 5.41) is 4.77. The average molecular weight is 784 g/mol. The minimum Gasteiger partial charge on any atom is -0.456 e. The number of thiophene rings is 1. The van der Waals surface area contributed by atoms with Crippen molar-refractivity contribution in [3.05, 3.63) is 200 Å². The molecule has 0 saturated carbocycles. The van der Waals surface area contributed by atoms with Crippen LogP contribution in [0.2, 0.25) is 0 Å². The number of benzene rings is 9. The molecule has 0 aliphatic carbocycles. The molecule has 1 aliphatic heterocycles. The topological polar surface area (TPSA) is 47.9 Å². The van der Waals surface area contributed by atoms with E-state index < -0.39 is 0 Å². The summed E-state index contributed by atoms with van der Waals surface area (Å²) in [4.78, 5) is 15.7. The Hall–Kier alpha value is -7.73. The largest absolute Gasteiger partial charge is 0.456 e. The molecule has 11 aromatic rings. The normalized spacial score (nSPS) is 11.8. The van der Waals surface area contributed by atoms with Crippen LogP contribution in [0, 0.1) is 0 Å². The molecular weight excluding hydrogens is 751 g/mol. The van der Waals surface area contributed by atoms with Crippen molar-refractivity contribution >= 4 is 42.3 Å². The molecule has 12 rings (SSSR count). The van der Waals surface area contributed by atoms with E-state index in [4.69, 9.17) is 19.7 Å². The summed E-state index contributed by atoms with van der Waals surface area (Å²) in [6, 6.07) is 70.3. The van der Waals surface area contributed by atoms with Gasteiger partial charge in [-0.2, -0.15) is 0 Å². The summed E-state index contributed by atoms with van der Waals surface area (Å²) >= 11 is 1.78. The van der Waals surface area contributed by atoms with Crippen molar-refractivity contribution < 1.29 is 4.74 Å². The molecule has 0 spiro atoms. The zero-order valence-electron chi connectivity index (χ0n) is 32.2. The molecule has 0 amide bonds. The summed E-state index contributed by atoms with van der Waals surface area (Å²) in [6.45, 7) is 0. The average Bonchev–Trinajstić information content (AvgIpc) is 3.71. The molecule has 5 heteroatoms. The minimum absolute atomic E-state index is 0.624. The monoisotopic (exact) mass is 783 g/mol. The molecule has 0 atom stereocenters. The van der Waals surface area contributed by atoms with Gasteiger partial charge in [0.25, 0.3) is 0 Å². The van der Waals surface area contributed by atoms with Crippen molar-refractivity contribution in [3.63, 3.8) is 0 Å². The first-order chi connectivity index (χ1) is 29.7. The van der Waals surface area contributed by atoms with Crippen LogP contribution in [0.1, 0.15) is 0 Å². The van der Waals surface area contributed by atoms with Crippen molar-refractivity contribution in [1.82, 2.24) is 15.0 Å². The third kappa shape index (κ3) is 5.70. The quantitative estimate of drug-likeness (QED) is 0.168. The van der Waals surface area contributed by atoms with Gasteiger partial charge in [-0.05, 0) is 74.7 Å². The van der Waals surface area contributed by atoms with E-state index in [1.54, 1.807) is 11.3 Å². The van der Waals surface area contributed by atoms with Crippen LogP contribution in [0.25, 0.3) is 110 Å². The number of fused-ring (bicyclic) bond motifs is 5. The zero-order chi connectivity index (χ0) is 39.6. The standard InChI is InChI=1S/C55H33N3OS/c1-3-13-35(14-4-1)39-17-7-8-19-45(39)54-56-53(57-55(58-54)46-23-12-22-44-41-18-9-10-24-50(41)60-52(44)46)37-27-25-34(26-28-37)38-29-31-48-47(33-38)43-21-11-20-42-40(36-15-5-2-6-16-36)30-32-49(59-48)51(42)43/h1-33H. The molecule has 280 valence electrons. The van der Waals surface area contributed by atoms with E-state index in [1.165, 1.54) is 42.2 Å². The number of rotatable bonds is 6. The van der Waals surface area contributed by atoms with E-state index in [1.807, 2.05) is 6.07 Å². The number of nitrogens with zero attached hydrogens (tertiary/aromatic N) is 3. The van der Waals surface area contributed by atoms with Crippen LogP contribution in [-0.2, 0) is 0 Å². The van der Waals surface area contributed by atoms with Crippen LogP contribution < -0.4 is 4.74 Å². The van der Waals surface area contributed by atoms with E-state index in [9.17, 15) is 0 Å². The van der Waals surface area contributed by atoms with Gasteiger partial charge in [-0.15, -0.1) is 11.3 Å². The van der Waals surface area contributed by atoms with Gasteiger partial charge in [0.05, 0.1) is 0 Å². The van der Waals surface area contributed by atoms with E-state index >= 15 is 0 Å². The predicted octanol–water partition coefficient (Wildman–Crippen LogP) is 15.2. The Bertz CT molecular complexity index is 3450. The zero-order valence-corrected chi connectivity index (χ0v) is 33.0. The molecule has 9 aromatic carbocycles. The number of aromatic nitrogens is 3. The Morgan fingerprint density at radius 2 is 0.883 bits per heavy atom. The van der Waals surface area contributed by atoms with Gasteiger partial charge < -0.3 is 4.74 Å². The van der Waals surface area contributed by atoms with Crippen molar-refractivity contribution in [3.8, 4) is 90.2 Å². The summed E-state index contributed by atoms with van der Waals surface area (Å²) < 4.78 is 8.97. The second-order valence-electron chi connectivity index (χ2n) is 15.1. The van der Waals surface area contributed by atoms with Crippen LogP contribution in [0.3, 0.4) is 0 Å². The molecule has 3 heterocycles. The SMILES string of the molecule is c1ccc(-c2ccccc2-c2nc(-c3ccc(-c4ccc5c(c4)-c4cccc6c(-c7ccccc7)ccc(c46)O5)cc3)nc(-c3cccc4c3sc3ccccc34)n2)cc1. The first-order valence-corrected chi connectivity index (χ1v) is 20.9. The molecule has 60 heavy (non-hydrogen) atoms. The maximum atomic E-state index is 6.56. The molecule has 0 unspecified atom stereocenters. The second-order valence-corrected chi connectivity index (χ2v) is 16.1. The van der Waals surface area contributed by atoms with Gasteiger partial charge in [0.15, 0.2) is 17.5 Å². The van der Waals surface area contributed by atoms with E-state index in [0.29, 0.717) is 17.5 Å². The Kier molecular flexibility index (Phi) is 8.00. The van der Waals surface area contributed by atoms with Crippen LogP contribution in [0.4, 0.5) is 0 Å². The summed E-state index contributed by atoms with van der Waals surface area (Å²) in [7, 11) is 0. The first kappa shape index (κ1) is 34.3. The number of hydrogen-bond donors (Lipinski definition) is 0. The Labute approximate surface area is 350 Å². The molecule has 0 saturated heterocycles. The lowest BCUT2D eigenvalue weighted by molar-refractivity contribution is 0.487. The fourth-order valence-electron chi connectivity index (χ4n) is 8.71. The highest BCUT2D eigenvalue weighted by molar-refractivity contribution is 7.26. The summed E-state index contributed by atoms with van der Waals surface area (Å²) in [5.74, 6) is 3.65. The van der Waals surface area contributed by atoms with Gasteiger partial charge in [-0.3, -0.25) is 0 Å². The molecule has 0 bridgehead atoms. The van der Waals surface area contributed by atoms with E-state index in [0.717, 1.165) is 61.4 Å². The molecular formula is C55H33N3OS. The van der Waals surface area contributed by atoms with Crippen molar-refractivity contribution in [2.45, 2.75) is 0 Å². The highest BCUT2D eigenvalue weighted by Gasteiger charge is 2.23. The van der Waals surface area contributed by atoms with Gasteiger partial charge in [0, 0.05) is 47.8 Å². The van der Waals surface area contributed by atoms with E-state index in [-0.39, 0.29) is 0 Å². The summed E-state index contributed by atoms with van der Waals surface area (Å²) in [6.07, 6.45) is 0. The molecule has 4 nitrogen and oxygen atoms in total. The fourth-order valence-corrected chi connectivity index (χ4v) is 9.92. The third-order valence-corrected chi connectivity index (χ3v) is 12.8. The summed E-state index contributed by atoms with van der Waals surface area (Å²) in [5.41, 5.74) is 11.9. The maximum absolute atomic E-state index is 6.56. The van der Waals surface area contributed by atoms with Gasteiger partial charge in [-0.25, -0.2) is 15.0 Å². The fraction of sp³-hybridized carbons (Fsp3) is 0. The maximum Gasteiger partial charge on any atom is 0.165 e. The molecule has 0 radical (unpaired) electrons. The van der Waals surface area contributed by atoms with Crippen LogP contribution >= 0.6 is 11.3 Å². The molecule has 2 aromatic heterocycles. The number of hydrogen-bond acceptors (Lipinski definition) is 5. The van der Waals surface area contributed by atoms with Crippen LogP contribution in [0.5, 0.6) is 11.5 Å². The Morgan fingerprint density at radius 3 is 1.68 bits per heavy atom. The predicted molar refractivity (Wildman–Crippen MR) is 248 cm³/mol. The van der Waals surface area contributed by atoms with Crippen molar-refractivity contribution in [2.75, 3.05) is 0 Å². The van der Waals surface area contributed by atoms with Crippen LogP contribution in [0.15, 0.2) is 200 Å². The van der Waals surface area contributed by atoms with E-state index in [2.05, 4.69) is 194 Å². The highest BCUT2D eigenvalue weighted by atomic mass is 32.1. The second kappa shape index (κ2) is 14.0. The Morgan fingerprint density at radius 1 is 0.317 bits per heavy atom. The smallest absolute Gasteiger partial charge is 0.165 e. The van der Waals surface area contributed by atoms with Gasteiger partial charge in [0.2, 0.25) is 0 Å². The highest BCUT2D eigenvalue weighted by Crippen LogP contribution is 2.49. The number of ether oxygens (including phenoxy) is 1. The van der Waals surface area contributed by atoms with Crippen molar-refractivity contribution in [2.24, 2.45) is 0 Å². The lowest BCUT2D eigenvalue weighted by Crippen LogP contribution is -2.01. The van der Waals surface area contributed by atoms with Gasteiger partial charge >= 0.3 is 0 Å². The van der Waals surface area contributed by atoms with Gasteiger partial charge in [0.1, 0.15) is 11.5 Å². The van der Waals surface area contributed by atoms with Crippen molar-refractivity contribution in [1.29, 1.82) is 0 Å². The third-order valence-electron chi connectivity index (χ3n) is 11.6. The lowest BCUT2D eigenvalue weighted by Gasteiger charge is -2.23. The Balaban J connectivity index is 0.969. The molecule has 1 aliphatic rings. The molecule has 0 N–H and O–H groups in total. The van der Waals surface area contributed by atoms with Crippen LogP contribution in [-0.4, -0.2) is 15.0 Å².